The number of nitrogens with two attached hydrogens (primary N) is 2. The van der Waals surface area contributed by atoms with Crippen LogP contribution in [0.2, 0.25) is 0 Å². The number of aromatic nitrogens is 6. The van der Waals surface area contributed by atoms with Crippen LogP contribution in [-0.4, -0.2) is 96.6 Å². The Morgan fingerprint density at radius 2 is 2.02 bits per heavy atom. The standard InChI is InChI=1S/C10H14N5O8P.C6H9N3O2.C4H4O2/c11-10-13-7-4(8(18)14-10)12-2-15(7)9-6(17)5(16)3(23-9)1-22-24(19,20)21;7-5(6(10)11)1-4-2-8-3-9-4;5-4-2-1-3-6-4/h2-3,5-6,9,16-17H,1H2,(H2,19,20,21)(H3,11,13,14,18);2-3,5H,1,7H2,(H,8,9)(H,10,11);1-3,5H/t3-,5-,6-,9-;5-;/m10./s1. The van der Waals surface area contributed by atoms with Gasteiger partial charge in [-0.1, -0.05) is 0 Å². The number of aliphatic carboxylic acids is 1. The average molecular weight is 602 g/mol. The first-order valence-electron chi connectivity index (χ1n) is 11.4. The zero-order valence-corrected chi connectivity index (χ0v) is 21.7. The number of imidazole rings is 2. The Morgan fingerprint density at radius 3 is 2.56 bits per heavy atom. The van der Waals surface area contributed by atoms with Gasteiger partial charge < -0.3 is 55.8 Å². The quantitative estimate of drug-likeness (QED) is 0.100. The molecule has 0 aromatic carbocycles. The second-order valence-corrected chi connectivity index (χ2v) is 9.52. The molecule has 0 bridgehead atoms. The molecule has 21 heteroatoms. The van der Waals surface area contributed by atoms with Crippen LogP contribution in [0.5, 0.6) is 5.95 Å². The van der Waals surface area contributed by atoms with Crippen LogP contribution in [0.25, 0.3) is 11.2 Å². The van der Waals surface area contributed by atoms with Gasteiger partial charge >= 0.3 is 13.8 Å². The summed E-state index contributed by atoms with van der Waals surface area (Å²) in [4.78, 5) is 55.9. The Labute approximate surface area is 228 Å². The molecule has 1 aliphatic heterocycles. The number of phosphoric acid groups is 1. The number of furan rings is 1. The summed E-state index contributed by atoms with van der Waals surface area (Å²) in [6.07, 6.45) is 0.531. The zero-order chi connectivity index (χ0) is 30.3. The third-order valence-electron chi connectivity index (χ3n) is 5.29. The summed E-state index contributed by atoms with van der Waals surface area (Å²) in [7, 11) is -4.76. The molecule has 0 amide bonds. The molecule has 20 nitrogen and oxygen atoms in total. The first-order valence-corrected chi connectivity index (χ1v) is 12.9. The fourth-order valence-electron chi connectivity index (χ4n) is 3.39. The molecule has 4 aromatic rings. The Hall–Kier alpha value is -4.14. The molecular formula is C20H27N8O12P. The molecule has 5 rings (SSSR count). The van der Waals surface area contributed by atoms with Crippen molar-refractivity contribution in [3.63, 3.8) is 0 Å². The predicted octanol–water partition coefficient (Wildman–Crippen LogP) is -2.22. The Morgan fingerprint density at radius 1 is 1.29 bits per heavy atom. The van der Waals surface area contributed by atoms with E-state index in [9.17, 15) is 24.4 Å². The topological polar surface area (TPSA) is 331 Å². The van der Waals surface area contributed by atoms with Crippen molar-refractivity contribution in [1.29, 1.82) is 0 Å². The third-order valence-corrected chi connectivity index (χ3v) is 5.77. The van der Waals surface area contributed by atoms with Gasteiger partial charge in [-0.2, -0.15) is 4.98 Å². The molecule has 0 spiro atoms. The van der Waals surface area contributed by atoms with Crippen molar-refractivity contribution < 1.29 is 53.3 Å². The number of nitrogens with zero attached hydrogens (tertiary/aromatic N) is 4. The van der Waals surface area contributed by atoms with Gasteiger partial charge in [0, 0.05) is 24.4 Å². The van der Waals surface area contributed by atoms with Crippen molar-refractivity contribution in [1.82, 2.24) is 29.5 Å². The van der Waals surface area contributed by atoms with E-state index in [2.05, 4.69) is 33.9 Å². The van der Waals surface area contributed by atoms with Gasteiger partial charge in [-0.3, -0.25) is 23.7 Å². The number of rotatable bonds is 7. The van der Waals surface area contributed by atoms with Crippen molar-refractivity contribution in [3.05, 3.63) is 53.3 Å². The van der Waals surface area contributed by atoms with Gasteiger partial charge in [0.15, 0.2) is 17.4 Å². The number of carbonyl (C=O) groups is 1. The fourth-order valence-corrected chi connectivity index (χ4v) is 3.73. The van der Waals surface area contributed by atoms with Crippen LogP contribution < -0.4 is 17.0 Å². The van der Waals surface area contributed by atoms with E-state index >= 15 is 0 Å². The highest BCUT2D eigenvalue weighted by Gasteiger charge is 2.45. The number of aromatic hydroxyl groups is 1. The first-order chi connectivity index (χ1) is 19.3. The maximum absolute atomic E-state index is 11.7. The molecule has 5 heterocycles. The molecule has 5 atom stereocenters. The summed E-state index contributed by atoms with van der Waals surface area (Å²) in [5.74, 6) is -1.21. The maximum Gasteiger partial charge on any atom is 0.469 e. The molecule has 224 valence electrons. The van der Waals surface area contributed by atoms with Crippen LogP contribution in [-0.2, 0) is 25.0 Å². The van der Waals surface area contributed by atoms with Gasteiger partial charge in [-0.05, 0) is 6.07 Å². The second kappa shape index (κ2) is 13.5. The van der Waals surface area contributed by atoms with Gasteiger partial charge in [0.2, 0.25) is 5.95 Å². The van der Waals surface area contributed by atoms with E-state index in [1.54, 1.807) is 12.3 Å². The van der Waals surface area contributed by atoms with Gasteiger partial charge in [-0.15, -0.1) is 0 Å². The van der Waals surface area contributed by atoms with Crippen molar-refractivity contribution in [3.8, 4) is 5.95 Å². The molecule has 1 fully saturated rings. The third kappa shape index (κ3) is 8.67. The van der Waals surface area contributed by atoms with Crippen LogP contribution in [0.3, 0.4) is 0 Å². The van der Waals surface area contributed by atoms with Crippen LogP contribution in [0.1, 0.15) is 11.9 Å². The minimum Gasteiger partial charge on any atom is -0.481 e. The molecule has 0 radical (unpaired) electrons. The normalized spacial score (nSPS) is 21.0. The lowest BCUT2D eigenvalue weighted by Crippen LogP contribution is -2.33. The fraction of sp³-hybridized carbons (Fsp3) is 0.350. The summed E-state index contributed by atoms with van der Waals surface area (Å²) < 4.78 is 26.0. The second-order valence-electron chi connectivity index (χ2n) is 8.28. The summed E-state index contributed by atoms with van der Waals surface area (Å²) >= 11 is 0. The van der Waals surface area contributed by atoms with E-state index in [4.69, 9.17) is 36.2 Å². The number of aromatic amines is 2. The Kier molecular flexibility index (Phi) is 10.3. The minimum absolute atomic E-state index is 0.0176. The van der Waals surface area contributed by atoms with Gasteiger partial charge in [0.25, 0.3) is 11.5 Å². The van der Waals surface area contributed by atoms with Crippen LogP contribution >= 0.6 is 7.82 Å². The molecular weight excluding hydrogens is 575 g/mol. The van der Waals surface area contributed by atoms with Gasteiger partial charge in [0.1, 0.15) is 24.4 Å². The minimum atomic E-state index is -4.76. The largest absolute Gasteiger partial charge is 0.481 e. The lowest BCUT2D eigenvalue weighted by molar-refractivity contribution is -0.138. The summed E-state index contributed by atoms with van der Waals surface area (Å²) in [5, 5.41) is 36.8. The number of nitrogen functional groups attached to an aromatic ring is 1. The van der Waals surface area contributed by atoms with Gasteiger partial charge in [-0.25, -0.2) is 14.5 Å². The first kappa shape index (κ1) is 31.4. The summed E-state index contributed by atoms with van der Waals surface area (Å²) in [5.41, 5.74) is 10.8. The number of aliphatic hydroxyl groups is 2. The van der Waals surface area contributed by atoms with Crippen LogP contribution in [0.15, 0.2) is 46.5 Å². The van der Waals surface area contributed by atoms with E-state index in [0.717, 1.165) is 5.69 Å². The molecule has 12 N–H and O–H groups in total. The zero-order valence-electron chi connectivity index (χ0n) is 20.8. The number of anilines is 1. The molecule has 4 aromatic heterocycles. The average Bonchev–Trinajstić information content (AvgIpc) is 3.69. The highest BCUT2D eigenvalue weighted by atomic mass is 31.2. The highest BCUT2D eigenvalue weighted by molar-refractivity contribution is 7.46. The molecule has 0 unspecified atom stereocenters. The number of phosphoric ester groups is 1. The number of hydrogen-bond acceptors (Lipinski definition) is 14. The lowest BCUT2D eigenvalue weighted by atomic mass is 10.1. The Balaban J connectivity index is 0.000000222. The molecule has 41 heavy (non-hydrogen) atoms. The number of carboxylic acid groups (broad SMARTS) is 1. The molecule has 1 aliphatic rings. The number of ether oxygens (including phenoxy) is 1. The smallest absolute Gasteiger partial charge is 0.469 e. The van der Waals surface area contributed by atoms with E-state index in [0.29, 0.717) is 0 Å². The Bertz CT molecular complexity index is 1500. The molecule has 1 saturated heterocycles. The number of fused-ring (bicyclic) bond motifs is 1. The van der Waals surface area contributed by atoms with Crippen molar-refractivity contribution in [2.75, 3.05) is 12.3 Å². The monoisotopic (exact) mass is 602 g/mol. The SMILES string of the molecule is N[C@@H](Cc1cnc[nH]1)C(=O)O.Nc1nc2c(ncn2[C@@H]2O[C@H](COP(=O)(O)O)[C@@H](O)[C@H]2O)c(=O)[nH]1.Oc1ccco1. The van der Waals surface area contributed by atoms with Crippen molar-refractivity contribution in [2.24, 2.45) is 5.73 Å². The van der Waals surface area contributed by atoms with Crippen molar-refractivity contribution >= 4 is 30.9 Å². The molecule has 0 saturated carbocycles. The lowest BCUT2D eigenvalue weighted by Gasteiger charge is -2.16. The van der Waals surface area contributed by atoms with Crippen molar-refractivity contribution in [2.45, 2.75) is 37.0 Å². The maximum atomic E-state index is 11.7. The van der Waals surface area contributed by atoms with Crippen LogP contribution in [0, 0.1) is 0 Å². The number of aliphatic hydroxyl groups excluding tert-OH is 2. The molecule has 0 aliphatic carbocycles. The van der Waals surface area contributed by atoms with Gasteiger partial charge in [0.05, 0.1) is 25.5 Å². The van der Waals surface area contributed by atoms with E-state index in [1.807, 2.05) is 0 Å². The number of hydrogen-bond donors (Lipinski definition) is 10. The van der Waals surface area contributed by atoms with E-state index in [1.165, 1.54) is 29.6 Å². The number of H-pyrrole nitrogens is 2. The summed E-state index contributed by atoms with van der Waals surface area (Å²) in [6, 6.07) is 2.24. The van der Waals surface area contributed by atoms with E-state index < -0.39 is 56.5 Å². The van der Waals surface area contributed by atoms with E-state index in [-0.39, 0.29) is 29.5 Å². The number of carboxylic acids is 1. The number of nitrogens with one attached hydrogen (secondary N) is 2. The predicted molar refractivity (Wildman–Crippen MR) is 135 cm³/mol. The summed E-state index contributed by atoms with van der Waals surface area (Å²) in [6.45, 7) is -0.651. The highest BCUT2D eigenvalue weighted by Crippen LogP contribution is 2.38. The van der Waals surface area contributed by atoms with Crippen LogP contribution in [0.4, 0.5) is 5.95 Å².